The molecule has 0 spiro atoms. The van der Waals surface area contributed by atoms with Gasteiger partial charge in [-0.3, -0.25) is 0 Å². The standard InChI is InChI=1S/C16H22OSe/c1-5-16(4)15(11-14(17-16)12(2)3)18-13-9-7-6-8-10-13/h6-12,14H,5H2,1-4H3. The van der Waals surface area contributed by atoms with Crippen LogP contribution in [0.4, 0.5) is 0 Å². The van der Waals surface area contributed by atoms with Gasteiger partial charge in [-0.25, -0.2) is 0 Å². The summed E-state index contributed by atoms with van der Waals surface area (Å²) < 4.78 is 9.20. The van der Waals surface area contributed by atoms with Crippen LogP contribution in [0.3, 0.4) is 0 Å². The molecule has 1 heterocycles. The number of benzene rings is 1. The Morgan fingerprint density at radius 1 is 1.28 bits per heavy atom. The van der Waals surface area contributed by atoms with Gasteiger partial charge >= 0.3 is 117 Å². The number of ether oxygens (including phenoxy) is 1. The molecule has 0 saturated carbocycles. The van der Waals surface area contributed by atoms with Gasteiger partial charge in [0.25, 0.3) is 0 Å². The SMILES string of the molecule is CCC1(C)OC(C(C)C)C=C1[Se]c1ccccc1. The molecule has 0 aliphatic carbocycles. The van der Waals surface area contributed by atoms with E-state index in [1.54, 1.807) is 0 Å². The normalized spacial score (nSPS) is 27.6. The van der Waals surface area contributed by atoms with E-state index in [9.17, 15) is 0 Å². The predicted octanol–water partition coefficient (Wildman–Crippen LogP) is 3.12. The van der Waals surface area contributed by atoms with Crippen molar-refractivity contribution >= 4 is 19.4 Å². The molecule has 1 nitrogen and oxygen atoms in total. The van der Waals surface area contributed by atoms with Crippen molar-refractivity contribution in [2.75, 3.05) is 0 Å². The first kappa shape index (κ1) is 13.9. The van der Waals surface area contributed by atoms with Crippen LogP contribution in [0.15, 0.2) is 40.9 Å². The quantitative estimate of drug-likeness (QED) is 0.777. The minimum absolute atomic E-state index is 0.0508. The van der Waals surface area contributed by atoms with Crippen LogP contribution in [0.2, 0.25) is 0 Å². The zero-order chi connectivity index (χ0) is 13.2. The summed E-state index contributed by atoms with van der Waals surface area (Å²) in [7, 11) is 0. The molecule has 0 saturated heterocycles. The van der Waals surface area contributed by atoms with Crippen molar-refractivity contribution in [1.29, 1.82) is 0 Å². The van der Waals surface area contributed by atoms with Crippen molar-refractivity contribution in [2.24, 2.45) is 5.92 Å². The Bertz CT molecular complexity index is 424. The monoisotopic (exact) mass is 310 g/mol. The molecule has 98 valence electrons. The maximum atomic E-state index is 6.27. The van der Waals surface area contributed by atoms with Crippen LogP contribution >= 0.6 is 0 Å². The molecule has 2 heteroatoms. The molecule has 1 aliphatic heterocycles. The molecule has 2 rings (SSSR count). The molecule has 2 atom stereocenters. The number of hydrogen-bond acceptors (Lipinski definition) is 1. The van der Waals surface area contributed by atoms with Crippen LogP contribution < -0.4 is 4.46 Å². The number of rotatable bonds is 4. The Kier molecular flexibility index (Phi) is 4.32. The van der Waals surface area contributed by atoms with Gasteiger partial charge in [0.2, 0.25) is 0 Å². The zero-order valence-electron chi connectivity index (χ0n) is 11.6. The second kappa shape index (κ2) is 5.61. The molecule has 0 radical (unpaired) electrons. The third-order valence-electron chi connectivity index (χ3n) is 3.54. The molecular formula is C16H22OSe. The van der Waals surface area contributed by atoms with Gasteiger partial charge < -0.3 is 0 Å². The Morgan fingerprint density at radius 2 is 1.94 bits per heavy atom. The summed E-state index contributed by atoms with van der Waals surface area (Å²) in [5.74, 6) is 0.556. The minimum atomic E-state index is -0.0508. The van der Waals surface area contributed by atoms with E-state index in [1.807, 2.05) is 0 Å². The van der Waals surface area contributed by atoms with Crippen LogP contribution in [0.25, 0.3) is 0 Å². The first-order valence-electron chi connectivity index (χ1n) is 6.68. The summed E-state index contributed by atoms with van der Waals surface area (Å²) in [4.78, 5) is 0. The molecule has 1 aromatic carbocycles. The Balaban J connectivity index is 2.20. The molecular weight excluding hydrogens is 287 g/mol. The number of hydrogen-bond donors (Lipinski definition) is 0. The second-order valence-electron chi connectivity index (χ2n) is 5.36. The van der Waals surface area contributed by atoms with Crippen molar-refractivity contribution in [3.8, 4) is 0 Å². The van der Waals surface area contributed by atoms with Gasteiger partial charge in [-0.05, 0) is 0 Å². The topological polar surface area (TPSA) is 9.23 Å². The predicted molar refractivity (Wildman–Crippen MR) is 78.3 cm³/mol. The van der Waals surface area contributed by atoms with Crippen molar-refractivity contribution in [3.63, 3.8) is 0 Å². The summed E-state index contributed by atoms with van der Waals surface area (Å²) in [6, 6.07) is 10.8. The summed E-state index contributed by atoms with van der Waals surface area (Å²) in [5.41, 5.74) is -0.0508. The van der Waals surface area contributed by atoms with E-state index >= 15 is 0 Å². The van der Waals surface area contributed by atoms with Crippen molar-refractivity contribution < 1.29 is 4.74 Å². The Labute approximate surface area is 117 Å². The molecule has 18 heavy (non-hydrogen) atoms. The van der Waals surface area contributed by atoms with E-state index in [2.05, 4.69) is 64.1 Å². The van der Waals surface area contributed by atoms with Crippen molar-refractivity contribution in [1.82, 2.24) is 0 Å². The second-order valence-corrected chi connectivity index (χ2v) is 7.70. The molecule has 0 bridgehead atoms. The van der Waals surface area contributed by atoms with Crippen molar-refractivity contribution in [2.45, 2.75) is 45.8 Å². The van der Waals surface area contributed by atoms with E-state index in [1.165, 1.54) is 8.93 Å². The van der Waals surface area contributed by atoms with Gasteiger partial charge in [-0.2, -0.15) is 0 Å². The van der Waals surface area contributed by atoms with Gasteiger partial charge in [0, 0.05) is 0 Å². The van der Waals surface area contributed by atoms with Gasteiger partial charge in [0.1, 0.15) is 0 Å². The fourth-order valence-electron chi connectivity index (χ4n) is 2.06. The fraction of sp³-hybridized carbons (Fsp3) is 0.500. The van der Waals surface area contributed by atoms with E-state index < -0.39 is 0 Å². The fourth-order valence-corrected chi connectivity index (χ4v) is 4.49. The first-order chi connectivity index (χ1) is 8.55. The molecule has 0 amide bonds. The summed E-state index contributed by atoms with van der Waals surface area (Å²) >= 11 is 0.385. The molecule has 1 aromatic rings. The van der Waals surface area contributed by atoms with Gasteiger partial charge in [0.15, 0.2) is 0 Å². The van der Waals surface area contributed by atoms with Crippen LogP contribution in [0, 0.1) is 5.92 Å². The average Bonchev–Trinajstić information content (AvgIpc) is 2.69. The Morgan fingerprint density at radius 3 is 2.50 bits per heavy atom. The first-order valence-corrected chi connectivity index (χ1v) is 8.39. The van der Waals surface area contributed by atoms with E-state index in [0.717, 1.165) is 6.42 Å². The third kappa shape index (κ3) is 2.88. The summed E-state index contributed by atoms with van der Waals surface area (Å²) in [5, 5.41) is 0. The van der Waals surface area contributed by atoms with Crippen LogP contribution in [0.5, 0.6) is 0 Å². The van der Waals surface area contributed by atoms with Gasteiger partial charge in [-0.15, -0.1) is 0 Å². The molecule has 0 fully saturated rings. The van der Waals surface area contributed by atoms with Crippen LogP contribution in [-0.2, 0) is 4.74 Å². The van der Waals surface area contributed by atoms with Gasteiger partial charge in [0.05, 0.1) is 0 Å². The Hall–Kier alpha value is -0.561. The maximum absolute atomic E-state index is 6.27. The molecule has 2 unspecified atom stereocenters. The van der Waals surface area contributed by atoms with Crippen LogP contribution in [0.1, 0.15) is 34.1 Å². The van der Waals surface area contributed by atoms with E-state index in [-0.39, 0.29) is 11.7 Å². The van der Waals surface area contributed by atoms with E-state index in [4.69, 9.17) is 4.74 Å². The molecule has 0 aromatic heterocycles. The average molecular weight is 309 g/mol. The van der Waals surface area contributed by atoms with E-state index in [0.29, 0.717) is 20.9 Å². The van der Waals surface area contributed by atoms with Crippen LogP contribution in [-0.4, -0.2) is 26.7 Å². The summed E-state index contributed by atoms with van der Waals surface area (Å²) in [6.45, 7) is 8.93. The zero-order valence-corrected chi connectivity index (χ0v) is 13.4. The summed E-state index contributed by atoms with van der Waals surface area (Å²) in [6.07, 6.45) is 3.72. The third-order valence-corrected chi connectivity index (χ3v) is 6.25. The molecule has 0 N–H and O–H groups in total. The van der Waals surface area contributed by atoms with Crippen molar-refractivity contribution in [3.05, 3.63) is 40.9 Å². The molecule has 1 aliphatic rings. The van der Waals surface area contributed by atoms with Gasteiger partial charge in [-0.1, -0.05) is 0 Å².